The molecule has 0 bridgehead atoms. The average Bonchev–Trinajstić information content (AvgIpc) is 2.74. The first-order chi connectivity index (χ1) is 12.4. The fraction of sp³-hybridized carbons (Fsp3) is 0.500. The number of aromatic amines is 1. The van der Waals surface area contributed by atoms with E-state index >= 15 is 0 Å². The predicted molar refractivity (Wildman–Crippen MR) is 98.0 cm³/mol. The number of H-pyrrole nitrogens is 1. The molecular weight excluding hydrogens is 336 g/mol. The molecule has 1 aromatic carbocycles. The highest BCUT2D eigenvalue weighted by Crippen LogP contribution is 2.31. The lowest BCUT2D eigenvalue weighted by atomic mass is 10.2. The van der Waals surface area contributed by atoms with Gasteiger partial charge in [0.05, 0.1) is 18.0 Å². The minimum Gasteiger partial charge on any atom is -0.493 e. The quantitative estimate of drug-likeness (QED) is 0.878. The first-order valence-corrected chi connectivity index (χ1v) is 8.64. The lowest BCUT2D eigenvalue weighted by molar-refractivity contribution is 0.134. The van der Waals surface area contributed by atoms with Gasteiger partial charge in [0.1, 0.15) is 5.82 Å². The first-order valence-electron chi connectivity index (χ1n) is 8.64. The molecule has 26 heavy (non-hydrogen) atoms. The predicted octanol–water partition coefficient (Wildman–Crippen LogP) is 1.76. The van der Waals surface area contributed by atoms with Crippen LogP contribution in [0.15, 0.2) is 16.9 Å². The van der Waals surface area contributed by atoms with E-state index in [2.05, 4.69) is 14.9 Å². The Morgan fingerprint density at radius 2 is 2.08 bits per heavy atom. The van der Waals surface area contributed by atoms with E-state index in [1.54, 1.807) is 17.9 Å². The summed E-state index contributed by atoms with van der Waals surface area (Å²) in [6, 6.07) is 3.15. The summed E-state index contributed by atoms with van der Waals surface area (Å²) < 4.78 is 10.9. The molecule has 140 valence electrons. The molecule has 0 saturated carbocycles. The first kappa shape index (κ1) is 18.2. The Bertz CT molecular complexity index is 879. The third-order valence-corrected chi connectivity index (χ3v) is 4.59. The van der Waals surface area contributed by atoms with Gasteiger partial charge in [-0.3, -0.25) is 4.79 Å². The summed E-state index contributed by atoms with van der Waals surface area (Å²) in [4.78, 5) is 35.7. The second kappa shape index (κ2) is 7.33. The summed E-state index contributed by atoms with van der Waals surface area (Å²) in [6.07, 6.45) is 0.440. The van der Waals surface area contributed by atoms with Gasteiger partial charge in [-0.05, 0) is 39.9 Å². The van der Waals surface area contributed by atoms with E-state index < -0.39 is 6.09 Å². The standard InChI is InChI=1S/C18H24N4O4/c1-11-10-21(3)6-5-7-22(11)18(24)26-16-8-13-14(9-15(16)25-4)19-12(2)20-17(13)23/h8-9,11H,5-7,10H2,1-4H3,(H,19,20,23). The van der Waals surface area contributed by atoms with Gasteiger partial charge in [0, 0.05) is 25.2 Å². The minimum atomic E-state index is -0.443. The van der Waals surface area contributed by atoms with Crippen molar-refractivity contribution in [2.45, 2.75) is 26.3 Å². The minimum absolute atomic E-state index is 0.0363. The van der Waals surface area contributed by atoms with Crippen LogP contribution in [-0.4, -0.2) is 65.7 Å². The number of benzene rings is 1. The Balaban J connectivity index is 1.92. The van der Waals surface area contributed by atoms with Gasteiger partial charge in [0.15, 0.2) is 11.5 Å². The number of aromatic nitrogens is 2. The Morgan fingerprint density at radius 1 is 1.31 bits per heavy atom. The van der Waals surface area contributed by atoms with E-state index in [9.17, 15) is 9.59 Å². The molecule has 2 aromatic rings. The molecule has 1 fully saturated rings. The molecule has 0 aliphatic carbocycles. The van der Waals surface area contributed by atoms with Crippen molar-refractivity contribution < 1.29 is 14.3 Å². The summed E-state index contributed by atoms with van der Waals surface area (Å²) in [6.45, 7) is 6.05. The number of likely N-dealkylation sites (N-methyl/N-ethyl adjacent to an activating group) is 1. The third kappa shape index (κ3) is 3.65. The molecule has 8 heteroatoms. The number of carbonyl (C=O) groups excluding carboxylic acids is 1. The molecule has 1 aliphatic heterocycles. The Morgan fingerprint density at radius 3 is 2.81 bits per heavy atom. The molecule has 1 saturated heterocycles. The number of nitrogens with zero attached hydrogens (tertiary/aromatic N) is 3. The van der Waals surface area contributed by atoms with Crippen LogP contribution >= 0.6 is 0 Å². The largest absolute Gasteiger partial charge is 0.493 e. The normalized spacial score (nSPS) is 18.6. The van der Waals surface area contributed by atoms with Gasteiger partial charge in [-0.25, -0.2) is 9.78 Å². The summed E-state index contributed by atoms with van der Waals surface area (Å²) in [5, 5.41) is 0.350. The maximum atomic E-state index is 12.7. The van der Waals surface area contributed by atoms with Crippen LogP contribution in [0.5, 0.6) is 11.5 Å². The topological polar surface area (TPSA) is 87.8 Å². The lowest BCUT2D eigenvalue weighted by Crippen LogP contribution is -2.43. The molecule has 2 heterocycles. The molecule has 0 radical (unpaired) electrons. The summed E-state index contributed by atoms with van der Waals surface area (Å²) in [5.74, 6) is 1.09. The van der Waals surface area contributed by atoms with Crippen LogP contribution in [0.3, 0.4) is 0 Å². The molecule has 1 aromatic heterocycles. The van der Waals surface area contributed by atoms with Crippen molar-refractivity contribution in [1.29, 1.82) is 0 Å². The van der Waals surface area contributed by atoms with Gasteiger partial charge in [0.2, 0.25) is 0 Å². The smallest absolute Gasteiger partial charge is 0.415 e. The van der Waals surface area contributed by atoms with Gasteiger partial charge in [-0.2, -0.15) is 0 Å². The van der Waals surface area contributed by atoms with Crippen molar-refractivity contribution in [3.8, 4) is 11.5 Å². The van der Waals surface area contributed by atoms with Crippen LogP contribution in [-0.2, 0) is 0 Å². The zero-order chi connectivity index (χ0) is 18.8. The fourth-order valence-corrected chi connectivity index (χ4v) is 3.30. The number of amides is 1. The molecule has 3 rings (SSSR count). The van der Waals surface area contributed by atoms with Gasteiger partial charge in [-0.1, -0.05) is 0 Å². The highest BCUT2D eigenvalue weighted by molar-refractivity contribution is 5.83. The van der Waals surface area contributed by atoms with Crippen molar-refractivity contribution in [3.63, 3.8) is 0 Å². The number of ether oxygens (including phenoxy) is 2. The molecule has 1 amide bonds. The molecule has 0 spiro atoms. The number of fused-ring (bicyclic) bond motifs is 1. The van der Waals surface area contributed by atoms with Gasteiger partial charge in [0.25, 0.3) is 5.56 Å². The molecule has 8 nitrogen and oxygen atoms in total. The third-order valence-electron chi connectivity index (χ3n) is 4.59. The Hall–Kier alpha value is -2.61. The molecule has 1 aliphatic rings. The molecule has 1 N–H and O–H groups in total. The average molecular weight is 360 g/mol. The monoisotopic (exact) mass is 360 g/mol. The fourth-order valence-electron chi connectivity index (χ4n) is 3.30. The van der Waals surface area contributed by atoms with E-state index in [-0.39, 0.29) is 17.4 Å². The van der Waals surface area contributed by atoms with E-state index in [0.717, 1.165) is 19.5 Å². The highest BCUT2D eigenvalue weighted by atomic mass is 16.6. The number of methoxy groups -OCH3 is 1. The van der Waals surface area contributed by atoms with Crippen LogP contribution in [0.2, 0.25) is 0 Å². The van der Waals surface area contributed by atoms with Crippen LogP contribution in [0, 0.1) is 6.92 Å². The molecular formula is C18H24N4O4. The highest BCUT2D eigenvalue weighted by Gasteiger charge is 2.26. The zero-order valence-corrected chi connectivity index (χ0v) is 15.5. The number of aryl methyl sites for hydroxylation is 1. The second-order valence-electron chi connectivity index (χ2n) is 6.70. The van der Waals surface area contributed by atoms with Crippen molar-refractivity contribution in [3.05, 3.63) is 28.3 Å². The number of hydrogen-bond acceptors (Lipinski definition) is 6. The Labute approximate surface area is 151 Å². The lowest BCUT2D eigenvalue weighted by Gasteiger charge is -2.27. The van der Waals surface area contributed by atoms with Crippen molar-refractivity contribution >= 4 is 17.0 Å². The SMILES string of the molecule is COc1cc2nc(C)[nH]c(=O)c2cc1OC(=O)N1CCCN(C)CC1C. The number of nitrogens with one attached hydrogen (secondary N) is 1. The maximum Gasteiger partial charge on any atom is 0.415 e. The summed E-state index contributed by atoms with van der Waals surface area (Å²) >= 11 is 0. The van der Waals surface area contributed by atoms with E-state index in [0.29, 0.717) is 29.0 Å². The second-order valence-corrected chi connectivity index (χ2v) is 6.70. The Kier molecular flexibility index (Phi) is 5.13. The number of carbonyl (C=O) groups is 1. The maximum absolute atomic E-state index is 12.7. The van der Waals surface area contributed by atoms with E-state index in [4.69, 9.17) is 9.47 Å². The summed E-state index contributed by atoms with van der Waals surface area (Å²) in [5.41, 5.74) is 0.213. The van der Waals surface area contributed by atoms with E-state index in [1.165, 1.54) is 13.2 Å². The molecule has 1 atom stereocenters. The van der Waals surface area contributed by atoms with Crippen LogP contribution in [0.4, 0.5) is 4.79 Å². The zero-order valence-electron chi connectivity index (χ0n) is 15.5. The van der Waals surface area contributed by atoms with Crippen molar-refractivity contribution in [2.75, 3.05) is 33.8 Å². The van der Waals surface area contributed by atoms with Gasteiger partial charge >= 0.3 is 6.09 Å². The van der Waals surface area contributed by atoms with Crippen molar-refractivity contribution in [1.82, 2.24) is 19.8 Å². The number of hydrogen-bond donors (Lipinski definition) is 1. The number of rotatable bonds is 2. The van der Waals surface area contributed by atoms with Crippen LogP contribution in [0.25, 0.3) is 10.9 Å². The summed E-state index contributed by atoms with van der Waals surface area (Å²) in [7, 11) is 3.53. The van der Waals surface area contributed by atoms with E-state index in [1.807, 2.05) is 14.0 Å². The van der Waals surface area contributed by atoms with Gasteiger partial charge in [-0.15, -0.1) is 0 Å². The molecule has 1 unspecified atom stereocenters. The van der Waals surface area contributed by atoms with Gasteiger partial charge < -0.3 is 24.3 Å². The van der Waals surface area contributed by atoms with Crippen molar-refractivity contribution in [2.24, 2.45) is 0 Å². The van der Waals surface area contributed by atoms with Crippen LogP contribution in [0.1, 0.15) is 19.2 Å². The van der Waals surface area contributed by atoms with Crippen LogP contribution < -0.4 is 15.0 Å².